The van der Waals surface area contributed by atoms with Gasteiger partial charge < -0.3 is 10.4 Å². The molecule has 2 N–H and O–H groups in total. The molecule has 0 saturated heterocycles. The Morgan fingerprint density at radius 3 is 3.00 bits per heavy atom. The lowest BCUT2D eigenvalue weighted by molar-refractivity contribution is -0.135. The molecule has 0 bridgehead atoms. The molecule has 25 heavy (non-hydrogen) atoms. The topological polar surface area (TPSA) is 86.0 Å². The zero-order valence-corrected chi connectivity index (χ0v) is 13.2. The SMILES string of the molecule is N#Cc1ccc(CNC(=O)C2(F)CCC(O)c3ncccc32)c(F)c1. The number of alkyl halides is 1. The smallest absolute Gasteiger partial charge is 0.262 e. The summed E-state index contributed by atoms with van der Waals surface area (Å²) in [6.45, 7) is -0.208. The number of hydrogen-bond donors (Lipinski definition) is 2. The zero-order chi connectivity index (χ0) is 18.0. The third kappa shape index (κ3) is 3.08. The molecule has 5 nitrogen and oxygen atoms in total. The minimum absolute atomic E-state index is 0.0338. The Hall–Kier alpha value is -2.85. The van der Waals surface area contributed by atoms with Crippen LogP contribution in [0.3, 0.4) is 0 Å². The number of halogens is 2. The predicted molar refractivity (Wildman–Crippen MR) is 84.2 cm³/mol. The molecule has 1 aliphatic carbocycles. The van der Waals surface area contributed by atoms with Crippen molar-refractivity contribution in [1.29, 1.82) is 5.26 Å². The van der Waals surface area contributed by atoms with Gasteiger partial charge in [0.15, 0.2) is 0 Å². The Morgan fingerprint density at radius 2 is 2.28 bits per heavy atom. The molecule has 0 fully saturated rings. The van der Waals surface area contributed by atoms with E-state index in [9.17, 15) is 14.3 Å². The van der Waals surface area contributed by atoms with Crippen LogP contribution in [-0.4, -0.2) is 16.0 Å². The van der Waals surface area contributed by atoms with E-state index < -0.39 is 23.5 Å². The maximum atomic E-state index is 15.4. The first-order valence-corrected chi connectivity index (χ1v) is 7.75. The molecule has 0 spiro atoms. The summed E-state index contributed by atoms with van der Waals surface area (Å²) in [7, 11) is 0. The third-order valence-electron chi connectivity index (χ3n) is 4.32. The lowest BCUT2D eigenvalue weighted by atomic mass is 9.81. The molecule has 2 aromatic rings. The first kappa shape index (κ1) is 17.0. The fourth-order valence-corrected chi connectivity index (χ4v) is 2.94. The Kier molecular flexibility index (Phi) is 4.47. The van der Waals surface area contributed by atoms with Gasteiger partial charge in [-0.2, -0.15) is 5.26 Å². The number of aliphatic hydroxyl groups is 1. The van der Waals surface area contributed by atoms with E-state index in [-0.39, 0.29) is 41.8 Å². The molecule has 0 radical (unpaired) electrons. The number of amides is 1. The Morgan fingerprint density at radius 1 is 1.48 bits per heavy atom. The summed E-state index contributed by atoms with van der Waals surface area (Å²) in [5.41, 5.74) is -1.83. The summed E-state index contributed by atoms with van der Waals surface area (Å²) in [6.07, 6.45) is 0.398. The van der Waals surface area contributed by atoms with Gasteiger partial charge >= 0.3 is 0 Å². The molecule has 128 valence electrons. The minimum Gasteiger partial charge on any atom is -0.387 e. The second-order valence-electron chi connectivity index (χ2n) is 5.89. The molecule has 2 unspecified atom stereocenters. The maximum absolute atomic E-state index is 15.4. The number of nitrogens with zero attached hydrogens (tertiary/aromatic N) is 2. The monoisotopic (exact) mass is 343 g/mol. The highest BCUT2D eigenvalue weighted by atomic mass is 19.1. The molecular formula is C18H15F2N3O2. The first-order valence-electron chi connectivity index (χ1n) is 7.75. The molecule has 1 amide bonds. The number of nitriles is 1. The number of fused-ring (bicyclic) bond motifs is 1. The van der Waals surface area contributed by atoms with Gasteiger partial charge in [-0.15, -0.1) is 0 Å². The van der Waals surface area contributed by atoms with Crippen molar-refractivity contribution >= 4 is 5.91 Å². The van der Waals surface area contributed by atoms with Gasteiger partial charge in [-0.05, 0) is 31.0 Å². The van der Waals surface area contributed by atoms with Crippen molar-refractivity contribution in [3.8, 4) is 6.07 Å². The standard InChI is InChI=1S/C18H15F2N3O2/c19-14-8-11(9-21)3-4-12(14)10-23-17(25)18(20)6-5-15(24)16-13(18)2-1-7-22-16/h1-4,7-8,15,24H,5-6,10H2,(H,23,25). The number of pyridine rings is 1. The summed E-state index contributed by atoms with van der Waals surface area (Å²) in [5.74, 6) is -1.55. The van der Waals surface area contributed by atoms with Crippen LogP contribution in [0.2, 0.25) is 0 Å². The molecule has 0 aliphatic heterocycles. The molecule has 0 saturated carbocycles. The van der Waals surface area contributed by atoms with E-state index in [4.69, 9.17) is 5.26 Å². The molecule has 2 atom stereocenters. The lowest BCUT2D eigenvalue weighted by Crippen LogP contribution is -2.44. The van der Waals surface area contributed by atoms with Crippen molar-refractivity contribution < 1.29 is 18.7 Å². The minimum atomic E-state index is -2.33. The Balaban J connectivity index is 1.80. The molecule has 3 rings (SSSR count). The molecule has 1 aromatic heterocycles. The van der Waals surface area contributed by atoms with Crippen LogP contribution in [0, 0.1) is 17.1 Å². The number of aromatic nitrogens is 1. The summed E-state index contributed by atoms with van der Waals surface area (Å²) >= 11 is 0. The fraction of sp³-hybridized carbons (Fsp3) is 0.278. The number of rotatable bonds is 3. The van der Waals surface area contributed by atoms with E-state index in [1.165, 1.54) is 30.5 Å². The van der Waals surface area contributed by atoms with Crippen molar-refractivity contribution in [3.05, 3.63) is 64.7 Å². The number of carbonyl (C=O) groups is 1. The molecule has 7 heteroatoms. The maximum Gasteiger partial charge on any atom is 0.262 e. The van der Waals surface area contributed by atoms with Crippen LogP contribution in [0.15, 0.2) is 36.5 Å². The zero-order valence-electron chi connectivity index (χ0n) is 13.2. The normalized spacial score (nSPS) is 21.9. The van der Waals surface area contributed by atoms with Crippen molar-refractivity contribution in [1.82, 2.24) is 10.3 Å². The van der Waals surface area contributed by atoms with Gasteiger partial charge in [-0.3, -0.25) is 9.78 Å². The molecule has 1 heterocycles. The number of benzene rings is 1. The largest absolute Gasteiger partial charge is 0.387 e. The average Bonchev–Trinajstić information content (AvgIpc) is 2.63. The number of hydrogen-bond acceptors (Lipinski definition) is 4. The van der Waals surface area contributed by atoms with Crippen LogP contribution in [0.4, 0.5) is 8.78 Å². The third-order valence-corrected chi connectivity index (χ3v) is 4.32. The van der Waals surface area contributed by atoms with Gasteiger partial charge in [-0.25, -0.2) is 8.78 Å². The highest BCUT2D eigenvalue weighted by Gasteiger charge is 2.46. The van der Waals surface area contributed by atoms with Crippen LogP contribution < -0.4 is 5.32 Å². The Bertz CT molecular complexity index is 866. The summed E-state index contributed by atoms with van der Waals surface area (Å²) in [4.78, 5) is 16.4. The second-order valence-corrected chi connectivity index (χ2v) is 5.89. The first-order chi connectivity index (χ1) is 12.0. The van der Waals surface area contributed by atoms with Crippen LogP contribution in [0.25, 0.3) is 0 Å². The molecular weight excluding hydrogens is 328 g/mol. The van der Waals surface area contributed by atoms with Gasteiger partial charge in [-0.1, -0.05) is 12.1 Å². The summed E-state index contributed by atoms with van der Waals surface area (Å²) < 4.78 is 29.2. The van der Waals surface area contributed by atoms with E-state index in [1.807, 2.05) is 6.07 Å². The van der Waals surface area contributed by atoms with E-state index in [1.54, 1.807) is 0 Å². The highest BCUT2D eigenvalue weighted by Crippen LogP contribution is 2.42. The van der Waals surface area contributed by atoms with E-state index >= 15 is 4.39 Å². The van der Waals surface area contributed by atoms with E-state index in [0.29, 0.717) is 0 Å². The predicted octanol–water partition coefficient (Wildman–Crippen LogP) is 2.40. The average molecular weight is 343 g/mol. The van der Waals surface area contributed by atoms with Gasteiger partial charge in [0.1, 0.15) is 5.82 Å². The summed E-state index contributed by atoms with van der Waals surface area (Å²) in [6, 6.07) is 8.59. The van der Waals surface area contributed by atoms with Crippen molar-refractivity contribution in [2.45, 2.75) is 31.2 Å². The van der Waals surface area contributed by atoms with E-state index in [0.717, 1.165) is 6.07 Å². The Labute approximate surface area is 142 Å². The number of carbonyl (C=O) groups excluding carboxylic acids is 1. The quantitative estimate of drug-likeness (QED) is 0.896. The van der Waals surface area contributed by atoms with Crippen molar-refractivity contribution in [2.75, 3.05) is 0 Å². The fourth-order valence-electron chi connectivity index (χ4n) is 2.94. The summed E-state index contributed by atoms with van der Waals surface area (Å²) in [5, 5.41) is 21.1. The van der Waals surface area contributed by atoms with Gasteiger partial charge in [0.05, 0.1) is 23.4 Å². The highest BCUT2D eigenvalue weighted by molar-refractivity contribution is 5.87. The lowest BCUT2D eigenvalue weighted by Gasteiger charge is -2.32. The van der Waals surface area contributed by atoms with Crippen LogP contribution in [0.1, 0.15) is 41.3 Å². The molecule has 1 aliphatic rings. The van der Waals surface area contributed by atoms with Gasteiger partial charge in [0, 0.05) is 23.9 Å². The van der Waals surface area contributed by atoms with Crippen molar-refractivity contribution in [2.24, 2.45) is 0 Å². The number of aliphatic hydroxyl groups excluding tert-OH is 1. The van der Waals surface area contributed by atoms with Crippen LogP contribution >= 0.6 is 0 Å². The van der Waals surface area contributed by atoms with Crippen LogP contribution in [-0.2, 0) is 17.0 Å². The van der Waals surface area contributed by atoms with E-state index in [2.05, 4.69) is 10.3 Å². The molecule has 1 aromatic carbocycles. The van der Waals surface area contributed by atoms with Crippen LogP contribution in [0.5, 0.6) is 0 Å². The van der Waals surface area contributed by atoms with Crippen molar-refractivity contribution in [3.63, 3.8) is 0 Å². The van der Waals surface area contributed by atoms with Gasteiger partial charge in [0.2, 0.25) is 5.67 Å². The number of nitrogens with one attached hydrogen (secondary N) is 1. The second kappa shape index (κ2) is 6.57. The van der Waals surface area contributed by atoms with Gasteiger partial charge in [0.25, 0.3) is 5.91 Å².